The van der Waals surface area contributed by atoms with E-state index < -0.39 is 0 Å². The lowest BCUT2D eigenvalue weighted by Gasteiger charge is -2.10. The number of aromatic nitrogens is 4. The van der Waals surface area contributed by atoms with Crippen molar-refractivity contribution in [1.82, 2.24) is 19.2 Å². The van der Waals surface area contributed by atoms with Crippen LogP contribution in [0.3, 0.4) is 0 Å². The van der Waals surface area contributed by atoms with Gasteiger partial charge >= 0.3 is 0 Å². The van der Waals surface area contributed by atoms with Crippen molar-refractivity contribution in [3.63, 3.8) is 0 Å². The molecule has 0 fully saturated rings. The molecular weight excluding hydrogens is 404 g/mol. The van der Waals surface area contributed by atoms with Crippen LogP contribution in [0, 0.1) is 6.92 Å². The van der Waals surface area contributed by atoms with E-state index >= 15 is 0 Å². The molecule has 3 aromatic heterocycles. The van der Waals surface area contributed by atoms with Gasteiger partial charge in [-0.1, -0.05) is 60.7 Å². The summed E-state index contributed by atoms with van der Waals surface area (Å²) >= 11 is 0. The van der Waals surface area contributed by atoms with Gasteiger partial charge in [-0.3, -0.25) is 4.40 Å². The minimum atomic E-state index is 0.863. The molecule has 0 aliphatic carbocycles. The Morgan fingerprint density at radius 3 is 1.91 bits per heavy atom. The first-order valence-electron chi connectivity index (χ1n) is 11.1. The molecule has 0 spiro atoms. The monoisotopic (exact) mass is 424 g/mol. The standard InChI is InChI=1S/C29H20N4/c1-19-18-21-8-2-3-9-23(21)29-31-30-28(32(19)29)20-14-16-22(17-15-20)33-26-12-6-4-10-24(26)25-11-5-7-13-27(25)33/h2-18H,1H3. The number of benzene rings is 4. The first-order valence-corrected chi connectivity index (χ1v) is 11.1. The first-order chi connectivity index (χ1) is 16.3. The summed E-state index contributed by atoms with van der Waals surface area (Å²) in [5.74, 6) is 0.863. The Balaban J connectivity index is 1.41. The Morgan fingerprint density at radius 1 is 0.606 bits per heavy atom. The van der Waals surface area contributed by atoms with Crippen LogP contribution >= 0.6 is 0 Å². The number of aryl methyl sites for hydroxylation is 1. The highest BCUT2D eigenvalue weighted by atomic mass is 15.2. The summed E-state index contributed by atoms with van der Waals surface area (Å²) in [6.45, 7) is 2.11. The maximum Gasteiger partial charge on any atom is 0.169 e. The van der Waals surface area contributed by atoms with E-state index in [0.717, 1.165) is 33.8 Å². The van der Waals surface area contributed by atoms with Gasteiger partial charge in [-0.15, -0.1) is 10.2 Å². The highest BCUT2D eigenvalue weighted by Gasteiger charge is 2.15. The maximum absolute atomic E-state index is 4.57. The van der Waals surface area contributed by atoms with Crippen molar-refractivity contribution >= 4 is 38.2 Å². The Kier molecular flexibility index (Phi) is 3.73. The van der Waals surface area contributed by atoms with E-state index in [2.05, 4.69) is 123 Å². The summed E-state index contributed by atoms with van der Waals surface area (Å²) < 4.78 is 4.48. The molecule has 33 heavy (non-hydrogen) atoms. The van der Waals surface area contributed by atoms with Crippen LogP contribution in [-0.4, -0.2) is 19.2 Å². The van der Waals surface area contributed by atoms with Crippen molar-refractivity contribution in [3.8, 4) is 17.1 Å². The summed E-state index contributed by atoms with van der Waals surface area (Å²) in [5.41, 5.74) is 6.61. The quantitative estimate of drug-likeness (QED) is 0.301. The molecule has 0 bridgehead atoms. The van der Waals surface area contributed by atoms with Gasteiger partial charge in [0.05, 0.1) is 11.0 Å². The number of hydrogen-bond acceptors (Lipinski definition) is 2. The van der Waals surface area contributed by atoms with E-state index in [1.807, 2.05) is 6.07 Å². The highest BCUT2D eigenvalue weighted by Crippen LogP contribution is 2.33. The van der Waals surface area contributed by atoms with Crippen LogP contribution in [0.1, 0.15) is 5.69 Å². The molecular formula is C29H20N4. The summed E-state index contributed by atoms with van der Waals surface area (Å²) in [7, 11) is 0. The second kappa shape index (κ2) is 6.78. The average molecular weight is 425 g/mol. The number of rotatable bonds is 2. The van der Waals surface area contributed by atoms with Gasteiger partial charge in [-0.2, -0.15) is 0 Å². The minimum Gasteiger partial charge on any atom is -0.309 e. The van der Waals surface area contributed by atoms with Crippen LogP contribution in [0.5, 0.6) is 0 Å². The van der Waals surface area contributed by atoms with Gasteiger partial charge in [0.25, 0.3) is 0 Å². The van der Waals surface area contributed by atoms with Crippen LogP contribution in [-0.2, 0) is 0 Å². The van der Waals surface area contributed by atoms with Crippen LogP contribution in [0.25, 0.3) is 55.3 Å². The third-order valence-electron chi connectivity index (χ3n) is 6.55. The van der Waals surface area contributed by atoms with Crippen molar-refractivity contribution in [2.75, 3.05) is 0 Å². The zero-order valence-electron chi connectivity index (χ0n) is 18.1. The molecule has 0 N–H and O–H groups in total. The SMILES string of the molecule is Cc1cc2ccccc2c2nnc(-c3ccc(-n4c5ccccc5c5ccccc54)cc3)n12. The lowest BCUT2D eigenvalue weighted by molar-refractivity contribution is 1.08. The molecule has 7 aromatic rings. The van der Waals surface area contributed by atoms with Crippen LogP contribution in [0.2, 0.25) is 0 Å². The molecule has 4 aromatic carbocycles. The van der Waals surface area contributed by atoms with E-state index in [1.165, 1.54) is 27.2 Å². The minimum absolute atomic E-state index is 0.863. The molecule has 0 atom stereocenters. The van der Waals surface area contributed by atoms with Crippen molar-refractivity contribution in [1.29, 1.82) is 0 Å². The van der Waals surface area contributed by atoms with Gasteiger partial charge in [0.2, 0.25) is 0 Å². The molecule has 4 nitrogen and oxygen atoms in total. The summed E-state index contributed by atoms with van der Waals surface area (Å²) in [6.07, 6.45) is 0. The van der Waals surface area contributed by atoms with E-state index in [4.69, 9.17) is 0 Å². The van der Waals surface area contributed by atoms with E-state index in [-0.39, 0.29) is 0 Å². The highest BCUT2D eigenvalue weighted by molar-refractivity contribution is 6.09. The predicted octanol–water partition coefficient (Wildman–Crippen LogP) is 6.96. The van der Waals surface area contributed by atoms with E-state index in [1.54, 1.807) is 0 Å². The Hall–Kier alpha value is -4.44. The van der Waals surface area contributed by atoms with Gasteiger partial charge in [0, 0.05) is 33.1 Å². The number of pyridine rings is 1. The Bertz CT molecular complexity index is 1770. The Morgan fingerprint density at radius 2 is 1.21 bits per heavy atom. The van der Waals surface area contributed by atoms with Crippen LogP contribution < -0.4 is 0 Å². The fourth-order valence-electron chi connectivity index (χ4n) is 5.06. The molecule has 0 aliphatic rings. The maximum atomic E-state index is 4.57. The molecule has 3 heterocycles. The molecule has 0 unspecified atom stereocenters. The summed E-state index contributed by atoms with van der Waals surface area (Å²) in [6, 6.07) is 36.3. The fourth-order valence-corrected chi connectivity index (χ4v) is 5.06. The van der Waals surface area contributed by atoms with Crippen molar-refractivity contribution in [2.45, 2.75) is 6.92 Å². The van der Waals surface area contributed by atoms with Gasteiger partial charge < -0.3 is 4.57 Å². The van der Waals surface area contributed by atoms with Crippen molar-refractivity contribution < 1.29 is 0 Å². The predicted molar refractivity (Wildman–Crippen MR) is 135 cm³/mol. The summed E-state index contributed by atoms with van der Waals surface area (Å²) in [5, 5.41) is 14.0. The van der Waals surface area contributed by atoms with E-state index in [9.17, 15) is 0 Å². The summed E-state index contributed by atoms with van der Waals surface area (Å²) in [4.78, 5) is 0. The lowest BCUT2D eigenvalue weighted by atomic mass is 10.1. The second-order valence-corrected chi connectivity index (χ2v) is 8.47. The third-order valence-corrected chi connectivity index (χ3v) is 6.55. The number of fused-ring (bicyclic) bond motifs is 6. The molecule has 0 aliphatic heterocycles. The van der Waals surface area contributed by atoms with Gasteiger partial charge in [-0.05, 0) is 54.8 Å². The topological polar surface area (TPSA) is 35.1 Å². The van der Waals surface area contributed by atoms with Crippen molar-refractivity contribution in [2.24, 2.45) is 0 Å². The number of nitrogens with zero attached hydrogens (tertiary/aromatic N) is 4. The Labute approximate surface area is 190 Å². The average Bonchev–Trinajstić information content (AvgIpc) is 3.45. The van der Waals surface area contributed by atoms with Crippen molar-refractivity contribution in [3.05, 3.63) is 109 Å². The number of hydrogen-bond donors (Lipinski definition) is 0. The molecule has 0 saturated heterocycles. The van der Waals surface area contributed by atoms with Crippen LogP contribution in [0.15, 0.2) is 103 Å². The normalized spacial score (nSPS) is 11.8. The third kappa shape index (κ3) is 2.58. The first kappa shape index (κ1) is 18.2. The molecule has 156 valence electrons. The smallest absolute Gasteiger partial charge is 0.169 e. The van der Waals surface area contributed by atoms with Crippen LogP contribution in [0.4, 0.5) is 0 Å². The van der Waals surface area contributed by atoms with Gasteiger partial charge in [0.1, 0.15) is 0 Å². The zero-order valence-corrected chi connectivity index (χ0v) is 18.1. The molecule has 0 amide bonds. The van der Waals surface area contributed by atoms with Gasteiger partial charge in [-0.25, -0.2) is 0 Å². The lowest BCUT2D eigenvalue weighted by Crippen LogP contribution is -1.97. The van der Waals surface area contributed by atoms with E-state index in [0.29, 0.717) is 0 Å². The second-order valence-electron chi connectivity index (χ2n) is 8.47. The molecule has 4 heteroatoms. The molecule has 0 saturated carbocycles. The molecule has 7 rings (SSSR count). The van der Waals surface area contributed by atoms with Gasteiger partial charge in [0.15, 0.2) is 11.5 Å². The largest absolute Gasteiger partial charge is 0.309 e. The number of para-hydroxylation sites is 2. The zero-order chi connectivity index (χ0) is 21.9. The molecule has 0 radical (unpaired) electrons. The fraction of sp³-hybridized carbons (Fsp3) is 0.0345.